The molecule has 1 saturated carbocycles. The molecule has 7 heteroatoms. The first-order chi connectivity index (χ1) is 12.1. The Morgan fingerprint density at radius 2 is 1.85 bits per heavy atom. The summed E-state index contributed by atoms with van der Waals surface area (Å²) in [7, 11) is 0. The van der Waals surface area contributed by atoms with Gasteiger partial charge >= 0.3 is 6.09 Å². The van der Waals surface area contributed by atoms with Crippen molar-refractivity contribution in [1.82, 2.24) is 15.5 Å². The monoisotopic (exact) mass is 480 g/mol. The van der Waals surface area contributed by atoms with E-state index in [-0.39, 0.29) is 30.1 Å². The number of ether oxygens (including phenoxy) is 1. The van der Waals surface area contributed by atoms with E-state index in [1.54, 1.807) is 4.90 Å². The Morgan fingerprint density at radius 3 is 2.46 bits per heavy atom. The van der Waals surface area contributed by atoms with Gasteiger partial charge in [-0.3, -0.25) is 4.99 Å². The van der Waals surface area contributed by atoms with E-state index in [1.807, 2.05) is 6.92 Å². The summed E-state index contributed by atoms with van der Waals surface area (Å²) in [6.45, 7) is 10.0. The molecule has 1 heterocycles. The van der Waals surface area contributed by atoms with E-state index in [4.69, 9.17) is 9.73 Å². The van der Waals surface area contributed by atoms with Crippen molar-refractivity contribution < 1.29 is 9.53 Å². The number of amides is 1. The van der Waals surface area contributed by atoms with E-state index in [9.17, 15) is 4.79 Å². The Morgan fingerprint density at radius 1 is 1.15 bits per heavy atom. The van der Waals surface area contributed by atoms with Gasteiger partial charge in [-0.1, -0.05) is 26.2 Å². The van der Waals surface area contributed by atoms with Crippen LogP contribution in [0.2, 0.25) is 0 Å². The number of likely N-dealkylation sites (tertiary alicyclic amines) is 1. The number of carbonyl (C=O) groups is 1. The summed E-state index contributed by atoms with van der Waals surface area (Å²) in [5.74, 6) is 2.43. The van der Waals surface area contributed by atoms with Gasteiger partial charge in [-0.25, -0.2) is 4.79 Å². The van der Waals surface area contributed by atoms with Crippen LogP contribution in [0.4, 0.5) is 4.79 Å². The molecule has 2 N–H and O–H groups in total. The lowest BCUT2D eigenvalue weighted by molar-refractivity contribution is 0.0963. The van der Waals surface area contributed by atoms with Gasteiger partial charge in [-0.15, -0.1) is 24.0 Å². The van der Waals surface area contributed by atoms with Crippen LogP contribution in [0.3, 0.4) is 0 Å². The third-order valence-corrected chi connectivity index (χ3v) is 5.48. The quantitative estimate of drug-likeness (QED) is 0.359. The average molecular weight is 480 g/mol. The number of nitrogens with one attached hydrogen (secondary N) is 2. The van der Waals surface area contributed by atoms with Crippen molar-refractivity contribution in [1.29, 1.82) is 0 Å². The van der Waals surface area contributed by atoms with Gasteiger partial charge in [0, 0.05) is 32.2 Å². The number of halogens is 1. The highest BCUT2D eigenvalue weighted by Gasteiger charge is 2.25. The van der Waals surface area contributed by atoms with Crippen LogP contribution in [0.5, 0.6) is 0 Å². The van der Waals surface area contributed by atoms with Crippen LogP contribution in [0.15, 0.2) is 4.99 Å². The molecule has 2 fully saturated rings. The minimum absolute atomic E-state index is 0. The molecule has 0 spiro atoms. The zero-order valence-electron chi connectivity index (χ0n) is 16.6. The van der Waals surface area contributed by atoms with E-state index < -0.39 is 0 Å². The van der Waals surface area contributed by atoms with Gasteiger partial charge in [-0.2, -0.15) is 0 Å². The van der Waals surface area contributed by atoms with Crippen molar-refractivity contribution in [3.05, 3.63) is 0 Å². The molecule has 0 radical (unpaired) electrons. The van der Waals surface area contributed by atoms with Crippen molar-refractivity contribution in [2.24, 2.45) is 16.8 Å². The summed E-state index contributed by atoms with van der Waals surface area (Å²) in [6.07, 6.45) is 7.05. The van der Waals surface area contributed by atoms with Gasteiger partial charge in [0.05, 0.1) is 6.61 Å². The largest absolute Gasteiger partial charge is 0.450 e. The minimum Gasteiger partial charge on any atom is -0.450 e. The molecular weight excluding hydrogens is 443 g/mol. The maximum atomic E-state index is 11.8. The SMILES string of the molecule is CCNC(=NCC1CCCCC1C)NC1CCN(C(=O)OCC)CC1.I. The first kappa shape index (κ1) is 23.3. The topological polar surface area (TPSA) is 66.0 Å². The highest BCUT2D eigenvalue weighted by molar-refractivity contribution is 14.0. The molecule has 2 rings (SSSR count). The second-order valence-corrected chi connectivity index (χ2v) is 7.35. The van der Waals surface area contributed by atoms with Gasteiger partial charge in [0.25, 0.3) is 0 Å². The van der Waals surface area contributed by atoms with Crippen molar-refractivity contribution in [2.75, 3.05) is 32.8 Å². The standard InChI is InChI=1S/C19H36N4O2.HI/c1-4-20-18(21-14-16-9-7-6-8-15(16)3)22-17-10-12-23(13-11-17)19(24)25-5-2;/h15-17H,4-14H2,1-3H3,(H2,20,21,22);1H. The summed E-state index contributed by atoms with van der Waals surface area (Å²) in [5, 5.41) is 6.94. The fourth-order valence-corrected chi connectivity index (χ4v) is 3.81. The molecule has 152 valence electrons. The lowest BCUT2D eigenvalue weighted by Gasteiger charge is -2.32. The normalized spacial score (nSPS) is 24.6. The Labute approximate surface area is 175 Å². The lowest BCUT2D eigenvalue weighted by atomic mass is 9.80. The summed E-state index contributed by atoms with van der Waals surface area (Å²) in [6, 6.07) is 0.368. The zero-order valence-corrected chi connectivity index (χ0v) is 19.0. The third-order valence-electron chi connectivity index (χ3n) is 5.48. The highest BCUT2D eigenvalue weighted by atomic mass is 127. The molecule has 0 aromatic heterocycles. The molecule has 26 heavy (non-hydrogen) atoms. The number of aliphatic imine (C=N–C) groups is 1. The van der Waals surface area contributed by atoms with Gasteiger partial charge in [0.15, 0.2) is 5.96 Å². The molecule has 0 bridgehead atoms. The summed E-state index contributed by atoms with van der Waals surface area (Å²) in [5.41, 5.74) is 0. The molecule has 6 nitrogen and oxygen atoms in total. The van der Waals surface area contributed by atoms with E-state index in [0.29, 0.717) is 12.6 Å². The highest BCUT2D eigenvalue weighted by Crippen LogP contribution is 2.29. The van der Waals surface area contributed by atoms with Crippen molar-refractivity contribution in [3.8, 4) is 0 Å². The molecule has 2 unspecified atom stereocenters. The number of guanidine groups is 1. The first-order valence-corrected chi connectivity index (χ1v) is 10.1. The van der Waals surface area contributed by atoms with Crippen molar-refractivity contribution in [3.63, 3.8) is 0 Å². The minimum atomic E-state index is -0.187. The number of piperidine rings is 1. The van der Waals surface area contributed by atoms with Gasteiger partial charge in [0.1, 0.15) is 0 Å². The lowest BCUT2D eigenvalue weighted by Crippen LogP contribution is -2.50. The number of hydrogen-bond acceptors (Lipinski definition) is 3. The fourth-order valence-electron chi connectivity index (χ4n) is 3.81. The van der Waals surface area contributed by atoms with E-state index in [1.165, 1.54) is 25.7 Å². The van der Waals surface area contributed by atoms with Gasteiger partial charge in [0.2, 0.25) is 0 Å². The molecule has 0 aromatic rings. The summed E-state index contributed by atoms with van der Waals surface area (Å²) in [4.78, 5) is 18.4. The van der Waals surface area contributed by atoms with Crippen molar-refractivity contribution >= 4 is 36.0 Å². The predicted molar refractivity (Wildman–Crippen MR) is 117 cm³/mol. The van der Waals surface area contributed by atoms with Gasteiger partial charge in [-0.05, 0) is 44.9 Å². The molecule has 1 amide bonds. The smallest absolute Gasteiger partial charge is 0.409 e. The Bertz CT molecular complexity index is 439. The van der Waals surface area contributed by atoms with E-state index in [2.05, 4.69) is 24.5 Å². The Balaban J connectivity index is 0.00000338. The predicted octanol–water partition coefficient (Wildman–Crippen LogP) is 3.61. The molecule has 1 aliphatic carbocycles. The van der Waals surface area contributed by atoms with Crippen LogP contribution in [0.1, 0.15) is 59.3 Å². The Hall–Kier alpha value is -0.730. The van der Waals surface area contributed by atoms with Crippen molar-refractivity contribution in [2.45, 2.75) is 65.3 Å². The van der Waals surface area contributed by atoms with E-state index >= 15 is 0 Å². The molecule has 1 saturated heterocycles. The van der Waals surface area contributed by atoms with E-state index in [0.717, 1.165) is 56.8 Å². The second-order valence-electron chi connectivity index (χ2n) is 7.35. The zero-order chi connectivity index (χ0) is 18.1. The molecule has 2 atom stereocenters. The average Bonchev–Trinajstić information content (AvgIpc) is 2.62. The number of carbonyl (C=O) groups excluding carboxylic acids is 1. The number of nitrogens with zero attached hydrogens (tertiary/aromatic N) is 2. The summed E-state index contributed by atoms with van der Waals surface area (Å²) < 4.78 is 5.08. The van der Waals surface area contributed by atoms with Crippen LogP contribution >= 0.6 is 24.0 Å². The van der Waals surface area contributed by atoms with Crippen LogP contribution in [0, 0.1) is 11.8 Å². The van der Waals surface area contributed by atoms with Gasteiger partial charge < -0.3 is 20.3 Å². The maximum Gasteiger partial charge on any atom is 0.409 e. The summed E-state index contributed by atoms with van der Waals surface area (Å²) >= 11 is 0. The Kier molecular flexibility index (Phi) is 11.3. The number of rotatable bonds is 5. The maximum absolute atomic E-state index is 11.8. The molecule has 1 aliphatic heterocycles. The second kappa shape index (κ2) is 12.6. The third kappa shape index (κ3) is 7.48. The fraction of sp³-hybridized carbons (Fsp3) is 0.895. The first-order valence-electron chi connectivity index (χ1n) is 10.1. The molecular formula is C19H37IN4O2. The van der Waals surface area contributed by atoms with Crippen LogP contribution < -0.4 is 10.6 Å². The molecule has 0 aromatic carbocycles. The molecule has 2 aliphatic rings. The van der Waals surface area contributed by atoms with Crippen LogP contribution in [-0.2, 0) is 4.74 Å². The number of hydrogen-bond donors (Lipinski definition) is 2. The van der Waals surface area contributed by atoms with Crippen LogP contribution in [0.25, 0.3) is 0 Å². The van der Waals surface area contributed by atoms with Crippen LogP contribution in [-0.4, -0.2) is 55.8 Å².